The fraction of sp³-hybridized carbons (Fsp3) is 0.375. The Bertz CT molecular complexity index is 311. The van der Waals surface area contributed by atoms with Crippen molar-refractivity contribution in [3.63, 3.8) is 0 Å². The summed E-state index contributed by atoms with van der Waals surface area (Å²) >= 11 is 0. The molecule has 2 N–H and O–H groups in total. The van der Waals surface area contributed by atoms with Gasteiger partial charge in [-0.1, -0.05) is 6.92 Å². The Kier molecular flexibility index (Phi) is 3.03. The number of rotatable bonds is 3. The van der Waals surface area contributed by atoms with Crippen molar-refractivity contribution >= 4 is 5.91 Å². The molecule has 1 aromatic rings. The third-order valence-corrected chi connectivity index (χ3v) is 1.61. The molecule has 5 nitrogen and oxygen atoms in total. The zero-order valence-electron chi connectivity index (χ0n) is 7.24. The minimum Gasteiger partial charge on any atom is -0.335 e. The third-order valence-electron chi connectivity index (χ3n) is 1.61. The van der Waals surface area contributed by atoms with E-state index in [2.05, 4.69) is 15.5 Å². The number of hydrogen-bond donors (Lipinski definition) is 2. The number of nitrogens with zero attached hydrogens (tertiary/aromatic N) is 2. The Labute approximate surface area is 75.8 Å². The van der Waals surface area contributed by atoms with Crippen molar-refractivity contribution in [2.75, 3.05) is 0 Å². The van der Waals surface area contributed by atoms with Crippen molar-refractivity contribution in [3.8, 4) is 6.07 Å². The number of nitrogens with one attached hydrogen (secondary N) is 2. The van der Waals surface area contributed by atoms with Gasteiger partial charge >= 0.3 is 0 Å². The highest BCUT2D eigenvalue weighted by atomic mass is 16.2. The molecule has 1 rings (SSSR count). The van der Waals surface area contributed by atoms with Crippen LogP contribution in [0.1, 0.15) is 23.8 Å². The van der Waals surface area contributed by atoms with E-state index < -0.39 is 6.04 Å². The highest BCUT2D eigenvalue weighted by molar-refractivity contribution is 5.92. The Hall–Kier alpha value is -1.83. The van der Waals surface area contributed by atoms with Gasteiger partial charge in [-0.2, -0.15) is 10.4 Å². The predicted molar refractivity (Wildman–Crippen MR) is 45.7 cm³/mol. The van der Waals surface area contributed by atoms with Crippen molar-refractivity contribution in [1.82, 2.24) is 15.5 Å². The molecule has 0 bridgehead atoms. The lowest BCUT2D eigenvalue weighted by Crippen LogP contribution is -2.33. The maximum Gasteiger partial charge on any atom is 0.270 e. The number of aromatic nitrogens is 2. The van der Waals surface area contributed by atoms with Crippen LogP contribution in [0.4, 0.5) is 0 Å². The summed E-state index contributed by atoms with van der Waals surface area (Å²) in [7, 11) is 0. The van der Waals surface area contributed by atoms with Crippen LogP contribution in [0, 0.1) is 11.3 Å². The first-order valence-electron chi connectivity index (χ1n) is 3.97. The van der Waals surface area contributed by atoms with Crippen LogP contribution in [0.3, 0.4) is 0 Å². The van der Waals surface area contributed by atoms with Crippen molar-refractivity contribution in [2.24, 2.45) is 0 Å². The average molecular weight is 178 g/mol. The SMILES string of the molecule is CC[C@@H](C#N)NC(=O)c1ccn[nH]1. The summed E-state index contributed by atoms with van der Waals surface area (Å²) in [6.07, 6.45) is 2.08. The van der Waals surface area contributed by atoms with Gasteiger partial charge in [0.2, 0.25) is 0 Å². The highest BCUT2D eigenvalue weighted by Crippen LogP contribution is 1.94. The Morgan fingerprint density at radius 1 is 1.92 bits per heavy atom. The van der Waals surface area contributed by atoms with Crippen molar-refractivity contribution < 1.29 is 4.79 Å². The first kappa shape index (κ1) is 9.26. The number of carbonyl (C=O) groups excluding carboxylic acids is 1. The van der Waals surface area contributed by atoms with Gasteiger partial charge in [0, 0.05) is 6.20 Å². The van der Waals surface area contributed by atoms with Gasteiger partial charge in [0.15, 0.2) is 0 Å². The van der Waals surface area contributed by atoms with Gasteiger partial charge in [-0.05, 0) is 12.5 Å². The van der Waals surface area contributed by atoms with Crippen LogP contribution < -0.4 is 5.32 Å². The first-order chi connectivity index (χ1) is 6.27. The van der Waals surface area contributed by atoms with Gasteiger partial charge in [-0.25, -0.2) is 0 Å². The molecular weight excluding hydrogens is 168 g/mol. The molecule has 0 unspecified atom stereocenters. The summed E-state index contributed by atoms with van der Waals surface area (Å²) in [5, 5.41) is 17.3. The van der Waals surface area contributed by atoms with Crippen LogP contribution in [-0.4, -0.2) is 22.1 Å². The number of hydrogen-bond acceptors (Lipinski definition) is 3. The Morgan fingerprint density at radius 2 is 2.69 bits per heavy atom. The van der Waals surface area contributed by atoms with E-state index in [0.29, 0.717) is 12.1 Å². The molecule has 0 aliphatic carbocycles. The lowest BCUT2D eigenvalue weighted by molar-refractivity contribution is 0.0939. The van der Waals surface area contributed by atoms with E-state index in [1.54, 1.807) is 6.07 Å². The third kappa shape index (κ3) is 2.30. The van der Waals surface area contributed by atoms with Crippen LogP contribution >= 0.6 is 0 Å². The molecule has 0 saturated carbocycles. The Morgan fingerprint density at radius 3 is 3.15 bits per heavy atom. The van der Waals surface area contributed by atoms with Gasteiger partial charge in [0.25, 0.3) is 5.91 Å². The van der Waals surface area contributed by atoms with Gasteiger partial charge in [-0.3, -0.25) is 9.89 Å². The van der Waals surface area contributed by atoms with E-state index in [1.165, 1.54) is 6.20 Å². The quantitative estimate of drug-likeness (QED) is 0.704. The van der Waals surface area contributed by atoms with E-state index in [9.17, 15) is 4.79 Å². The van der Waals surface area contributed by atoms with E-state index in [1.807, 2.05) is 13.0 Å². The molecule has 0 fully saturated rings. The molecule has 0 aliphatic heterocycles. The molecule has 68 valence electrons. The molecule has 0 spiro atoms. The molecule has 0 saturated heterocycles. The molecule has 0 aliphatic rings. The van der Waals surface area contributed by atoms with Crippen molar-refractivity contribution in [1.29, 1.82) is 5.26 Å². The van der Waals surface area contributed by atoms with E-state index >= 15 is 0 Å². The smallest absolute Gasteiger partial charge is 0.270 e. The number of nitriles is 1. The van der Waals surface area contributed by atoms with Crippen LogP contribution in [0.25, 0.3) is 0 Å². The van der Waals surface area contributed by atoms with Gasteiger partial charge in [0.05, 0.1) is 6.07 Å². The standard InChI is InChI=1S/C8H10N4O/c1-2-6(5-9)11-8(13)7-3-4-10-12-7/h3-4,6H,2H2,1H3,(H,10,12)(H,11,13)/t6-/m0/s1. The fourth-order valence-corrected chi connectivity index (χ4v) is 0.844. The number of carbonyl (C=O) groups is 1. The maximum absolute atomic E-state index is 11.3. The number of aromatic amines is 1. The summed E-state index contributed by atoms with van der Waals surface area (Å²) in [6.45, 7) is 1.83. The second-order valence-electron chi connectivity index (χ2n) is 2.53. The zero-order chi connectivity index (χ0) is 9.68. The number of H-pyrrole nitrogens is 1. The molecule has 1 aromatic heterocycles. The minimum atomic E-state index is -0.434. The lowest BCUT2D eigenvalue weighted by atomic mass is 10.2. The molecule has 1 heterocycles. The van der Waals surface area contributed by atoms with Crippen molar-refractivity contribution in [3.05, 3.63) is 18.0 Å². The summed E-state index contributed by atoms with van der Waals surface area (Å²) in [4.78, 5) is 11.3. The molecular formula is C8H10N4O. The monoisotopic (exact) mass is 178 g/mol. The molecule has 5 heteroatoms. The molecule has 1 atom stereocenters. The second-order valence-corrected chi connectivity index (χ2v) is 2.53. The second kappa shape index (κ2) is 4.26. The highest BCUT2D eigenvalue weighted by Gasteiger charge is 2.11. The fourth-order valence-electron chi connectivity index (χ4n) is 0.844. The molecule has 0 aromatic carbocycles. The molecule has 13 heavy (non-hydrogen) atoms. The number of amides is 1. The van der Waals surface area contributed by atoms with Gasteiger partial charge in [0.1, 0.15) is 11.7 Å². The first-order valence-corrected chi connectivity index (χ1v) is 3.97. The maximum atomic E-state index is 11.3. The van der Waals surface area contributed by atoms with Crippen LogP contribution in [-0.2, 0) is 0 Å². The van der Waals surface area contributed by atoms with E-state index in [0.717, 1.165) is 0 Å². The van der Waals surface area contributed by atoms with Gasteiger partial charge in [-0.15, -0.1) is 0 Å². The molecule has 1 amide bonds. The minimum absolute atomic E-state index is 0.300. The van der Waals surface area contributed by atoms with E-state index in [4.69, 9.17) is 5.26 Å². The Balaban J connectivity index is 2.57. The molecule has 0 radical (unpaired) electrons. The van der Waals surface area contributed by atoms with Crippen LogP contribution in [0.15, 0.2) is 12.3 Å². The lowest BCUT2D eigenvalue weighted by Gasteiger charge is -2.06. The normalized spacial score (nSPS) is 11.7. The van der Waals surface area contributed by atoms with E-state index in [-0.39, 0.29) is 5.91 Å². The largest absolute Gasteiger partial charge is 0.335 e. The summed E-state index contributed by atoms with van der Waals surface area (Å²) < 4.78 is 0. The van der Waals surface area contributed by atoms with Crippen LogP contribution in [0.5, 0.6) is 0 Å². The zero-order valence-corrected chi connectivity index (χ0v) is 7.24. The predicted octanol–water partition coefficient (Wildman–Crippen LogP) is 0.442. The van der Waals surface area contributed by atoms with Gasteiger partial charge < -0.3 is 5.32 Å². The summed E-state index contributed by atoms with van der Waals surface area (Å²) in [5.41, 5.74) is 0.369. The summed E-state index contributed by atoms with van der Waals surface area (Å²) in [6, 6.07) is 3.10. The topological polar surface area (TPSA) is 81.6 Å². The van der Waals surface area contributed by atoms with Crippen LogP contribution in [0.2, 0.25) is 0 Å². The average Bonchev–Trinajstić information content (AvgIpc) is 2.66. The summed E-state index contributed by atoms with van der Waals surface area (Å²) in [5.74, 6) is -0.300. The van der Waals surface area contributed by atoms with Crippen molar-refractivity contribution in [2.45, 2.75) is 19.4 Å².